The second kappa shape index (κ2) is 11.0. The number of carbonyl (C=O) groups excluding carboxylic acids is 2. The molecular weight excluding hydrogens is 284 g/mol. The van der Waals surface area contributed by atoms with Gasteiger partial charge in [-0.2, -0.15) is 0 Å². The van der Waals surface area contributed by atoms with Crippen LogP contribution < -0.4 is 0 Å². The summed E-state index contributed by atoms with van der Waals surface area (Å²) in [5, 5.41) is 0. The summed E-state index contributed by atoms with van der Waals surface area (Å²) >= 11 is 0. The molecule has 0 amide bonds. The van der Waals surface area contributed by atoms with Crippen molar-refractivity contribution in [3.63, 3.8) is 0 Å². The Morgan fingerprint density at radius 2 is 1.04 bits per heavy atom. The van der Waals surface area contributed by atoms with E-state index in [0.29, 0.717) is 23.4 Å². The van der Waals surface area contributed by atoms with E-state index in [0.717, 1.165) is 32.1 Å². The third-order valence-electron chi connectivity index (χ3n) is 5.56. The van der Waals surface area contributed by atoms with Gasteiger partial charge in [-0.1, -0.05) is 75.7 Å². The summed E-state index contributed by atoms with van der Waals surface area (Å²) in [5.41, 5.74) is -0.259. The van der Waals surface area contributed by atoms with E-state index in [2.05, 4.69) is 48.5 Å². The van der Waals surface area contributed by atoms with E-state index < -0.39 is 0 Å². The van der Waals surface area contributed by atoms with Crippen molar-refractivity contribution in [2.45, 2.75) is 101 Å². The van der Waals surface area contributed by atoms with Crippen molar-refractivity contribution in [3.8, 4) is 0 Å². The molecule has 0 aromatic heterocycles. The van der Waals surface area contributed by atoms with E-state index >= 15 is 0 Å². The van der Waals surface area contributed by atoms with E-state index in [1.165, 1.54) is 0 Å². The smallest absolute Gasteiger partial charge is 0.138 e. The highest BCUT2D eigenvalue weighted by Gasteiger charge is 2.30. The number of carbonyl (C=O) groups is 2. The van der Waals surface area contributed by atoms with Gasteiger partial charge in [0.1, 0.15) is 11.6 Å². The monoisotopic (exact) mass is 326 g/mol. The van der Waals surface area contributed by atoms with E-state index in [1.54, 1.807) is 0 Å². The van der Waals surface area contributed by atoms with E-state index in [4.69, 9.17) is 0 Å². The standard InChI is InChI=1S/C11H22O.C10H20O/c1-6-7-8-10(12)11(4,5)9(2)3;1-6-7-9(11)10(4,5)8(2)3/h9H,6-8H2,1-5H3;8H,6-7H2,1-5H3. The summed E-state index contributed by atoms with van der Waals surface area (Å²) in [4.78, 5) is 23.2. The molecule has 0 aliphatic carbocycles. The average Bonchev–Trinajstić information content (AvgIpc) is 2.45. The Labute approximate surface area is 145 Å². The van der Waals surface area contributed by atoms with E-state index in [9.17, 15) is 9.59 Å². The SMILES string of the molecule is CCCC(=O)C(C)(C)C(C)C.CCCCC(=O)C(C)(C)C(C)C. The van der Waals surface area contributed by atoms with Crippen molar-refractivity contribution in [2.75, 3.05) is 0 Å². The molecular formula is C21H42O2. The van der Waals surface area contributed by atoms with Crippen LogP contribution in [0.2, 0.25) is 0 Å². The van der Waals surface area contributed by atoms with Crippen LogP contribution in [-0.4, -0.2) is 11.6 Å². The van der Waals surface area contributed by atoms with Gasteiger partial charge in [0.05, 0.1) is 0 Å². The minimum absolute atomic E-state index is 0.129. The first kappa shape index (κ1) is 24.6. The van der Waals surface area contributed by atoms with Gasteiger partial charge in [-0.3, -0.25) is 9.59 Å². The highest BCUT2D eigenvalue weighted by Crippen LogP contribution is 2.29. The Morgan fingerprint density at radius 1 is 0.696 bits per heavy atom. The minimum atomic E-state index is -0.130. The fraction of sp³-hybridized carbons (Fsp3) is 0.905. The molecule has 0 N–H and O–H groups in total. The summed E-state index contributed by atoms with van der Waals surface area (Å²) in [5.74, 6) is 1.71. The lowest BCUT2D eigenvalue weighted by Gasteiger charge is -2.27. The molecule has 0 bridgehead atoms. The zero-order valence-corrected chi connectivity index (χ0v) is 17.5. The lowest BCUT2D eigenvalue weighted by atomic mass is 9.76. The quantitative estimate of drug-likeness (QED) is 0.487. The molecule has 138 valence electrons. The molecule has 0 spiro atoms. The number of hydrogen-bond acceptors (Lipinski definition) is 2. The zero-order valence-electron chi connectivity index (χ0n) is 17.5. The molecule has 0 unspecified atom stereocenters. The first-order valence-electron chi connectivity index (χ1n) is 9.42. The average molecular weight is 327 g/mol. The molecule has 0 fully saturated rings. The molecule has 0 rings (SSSR count). The fourth-order valence-electron chi connectivity index (χ4n) is 1.85. The topological polar surface area (TPSA) is 34.1 Å². The third kappa shape index (κ3) is 8.67. The van der Waals surface area contributed by atoms with Gasteiger partial charge in [0.15, 0.2) is 0 Å². The number of rotatable bonds is 9. The number of ketones is 2. The largest absolute Gasteiger partial charge is 0.299 e. The van der Waals surface area contributed by atoms with Crippen LogP contribution in [0.25, 0.3) is 0 Å². The van der Waals surface area contributed by atoms with Gasteiger partial charge in [0.25, 0.3) is 0 Å². The first-order chi connectivity index (χ1) is 10.3. The maximum atomic E-state index is 11.7. The van der Waals surface area contributed by atoms with Gasteiger partial charge in [-0.15, -0.1) is 0 Å². The molecule has 0 aliphatic heterocycles. The summed E-state index contributed by atoms with van der Waals surface area (Å²) < 4.78 is 0. The molecule has 0 atom stereocenters. The summed E-state index contributed by atoms with van der Waals surface area (Å²) in [6.45, 7) is 20.8. The van der Waals surface area contributed by atoms with Crippen LogP contribution in [0.5, 0.6) is 0 Å². The first-order valence-corrected chi connectivity index (χ1v) is 9.42. The van der Waals surface area contributed by atoms with Gasteiger partial charge in [-0.25, -0.2) is 0 Å². The van der Waals surface area contributed by atoms with Crippen LogP contribution in [0.1, 0.15) is 101 Å². The van der Waals surface area contributed by atoms with Gasteiger partial charge in [0, 0.05) is 23.7 Å². The molecule has 2 nitrogen and oxygen atoms in total. The van der Waals surface area contributed by atoms with Crippen molar-refractivity contribution in [1.82, 2.24) is 0 Å². The number of hydrogen-bond donors (Lipinski definition) is 0. The Kier molecular flexibility index (Phi) is 11.8. The Balaban J connectivity index is 0. The molecule has 0 saturated heterocycles. The third-order valence-corrected chi connectivity index (χ3v) is 5.56. The van der Waals surface area contributed by atoms with Crippen molar-refractivity contribution >= 4 is 11.6 Å². The van der Waals surface area contributed by atoms with Crippen molar-refractivity contribution in [1.29, 1.82) is 0 Å². The molecule has 0 saturated carbocycles. The maximum absolute atomic E-state index is 11.7. The van der Waals surface area contributed by atoms with Gasteiger partial charge < -0.3 is 0 Å². The summed E-state index contributed by atoms with van der Waals surface area (Å²) in [6, 6.07) is 0. The van der Waals surface area contributed by atoms with Crippen LogP contribution in [0.3, 0.4) is 0 Å². The number of Topliss-reactive ketones (excluding diaryl/α,β-unsaturated/α-hetero) is 2. The van der Waals surface area contributed by atoms with Gasteiger partial charge >= 0.3 is 0 Å². The molecule has 0 heterocycles. The molecule has 2 heteroatoms. The lowest BCUT2D eigenvalue weighted by molar-refractivity contribution is -0.130. The van der Waals surface area contributed by atoms with Crippen LogP contribution in [0, 0.1) is 22.7 Å². The Morgan fingerprint density at radius 3 is 1.30 bits per heavy atom. The predicted octanol–water partition coefficient (Wildman–Crippen LogP) is 6.47. The van der Waals surface area contributed by atoms with Crippen LogP contribution >= 0.6 is 0 Å². The fourth-order valence-corrected chi connectivity index (χ4v) is 1.85. The highest BCUT2D eigenvalue weighted by molar-refractivity contribution is 5.84. The predicted molar refractivity (Wildman–Crippen MR) is 102 cm³/mol. The van der Waals surface area contributed by atoms with Crippen molar-refractivity contribution < 1.29 is 9.59 Å². The normalized spacial score (nSPS) is 12.2. The van der Waals surface area contributed by atoms with Crippen molar-refractivity contribution in [3.05, 3.63) is 0 Å². The summed E-state index contributed by atoms with van der Waals surface area (Å²) in [6.07, 6.45) is 4.59. The molecule has 0 radical (unpaired) electrons. The Hall–Kier alpha value is -0.660. The summed E-state index contributed by atoms with van der Waals surface area (Å²) in [7, 11) is 0. The lowest BCUT2D eigenvalue weighted by Crippen LogP contribution is -2.29. The molecule has 0 aromatic rings. The van der Waals surface area contributed by atoms with Crippen LogP contribution in [0.4, 0.5) is 0 Å². The number of unbranched alkanes of at least 4 members (excludes halogenated alkanes) is 1. The van der Waals surface area contributed by atoms with Gasteiger partial charge in [0.2, 0.25) is 0 Å². The molecule has 0 aromatic carbocycles. The van der Waals surface area contributed by atoms with Crippen molar-refractivity contribution in [2.24, 2.45) is 22.7 Å². The van der Waals surface area contributed by atoms with Crippen LogP contribution in [0.15, 0.2) is 0 Å². The van der Waals surface area contributed by atoms with E-state index in [-0.39, 0.29) is 10.8 Å². The molecule has 23 heavy (non-hydrogen) atoms. The van der Waals surface area contributed by atoms with Gasteiger partial charge in [-0.05, 0) is 24.7 Å². The maximum Gasteiger partial charge on any atom is 0.138 e. The Bertz CT molecular complexity index is 349. The minimum Gasteiger partial charge on any atom is -0.299 e. The zero-order chi connectivity index (χ0) is 18.8. The highest BCUT2D eigenvalue weighted by atomic mass is 16.1. The van der Waals surface area contributed by atoms with Crippen LogP contribution in [-0.2, 0) is 9.59 Å². The second-order valence-corrected chi connectivity index (χ2v) is 8.45. The van der Waals surface area contributed by atoms with E-state index in [1.807, 2.05) is 20.8 Å². The molecule has 0 aliphatic rings. The second-order valence-electron chi connectivity index (χ2n) is 8.45.